The number of carbonyl (C=O) groups excluding carboxylic acids is 1. The number of nitrogens with zero attached hydrogens (tertiary/aromatic N) is 3. The lowest BCUT2D eigenvalue weighted by atomic mass is 10.2. The molecule has 1 unspecified atom stereocenters. The zero-order valence-electron chi connectivity index (χ0n) is 12.9. The van der Waals surface area contributed by atoms with Gasteiger partial charge < -0.3 is 10.8 Å². The van der Waals surface area contributed by atoms with Gasteiger partial charge in [-0.25, -0.2) is 9.48 Å². The second-order valence-corrected chi connectivity index (χ2v) is 5.74. The van der Waals surface area contributed by atoms with Gasteiger partial charge in [-0.05, 0) is 31.2 Å². The highest BCUT2D eigenvalue weighted by molar-refractivity contribution is 6.30. The third-order valence-electron chi connectivity index (χ3n) is 3.50. The molecule has 0 radical (unpaired) electrons. The zero-order valence-corrected chi connectivity index (χ0v) is 13.6. The van der Waals surface area contributed by atoms with Crippen molar-refractivity contribution < 1.29 is 23.1 Å². The van der Waals surface area contributed by atoms with Crippen molar-refractivity contribution in [3.63, 3.8) is 0 Å². The SMILES string of the molecule is CC(C(N)=O)n1nc(-c2ccc(Cl)cc2)n(C[C@H](O)C(F)(F)F)c1=O. The van der Waals surface area contributed by atoms with Crippen LogP contribution in [0.3, 0.4) is 0 Å². The van der Waals surface area contributed by atoms with Crippen molar-refractivity contribution in [2.75, 3.05) is 0 Å². The number of primary amides is 1. The van der Waals surface area contributed by atoms with Crippen molar-refractivity contribution in [2.24, 2.45) is 5.73 Å². The fourth-order valence-corrected chi connectivity index (χ4v) is 2.17. The Balaban J connectivity index is 2.59. The molecule has 1 aromatic heterocycles. The van der Waals surface area contributed by atoms with Gasteiger partial charge in [0.2, 0.25) is 5.91 Å². The molecule has 1 amide bonds. The number of aliphatic hydroxyl groups excluding tert-OH is 1. The second-order valence-electron chi connectivity index (χ2n) is 5.30. The van der Waals surface area contributed by atoms with Crippen LogP contribution < -0.4 is 11.4 Å². The predicted octanol–water partition coefficient (Wildman–Crippen LogP) is 1.33. The van der Waals surface area contributed by atoms with Gasteiger partial charge in [-0.15, -0.1) is 5.10 Å². The number of rotatable bonds is 5. The number of aromatic nitrogens is 3. The van der Waals surface area contributed by atoms with Crippen LogP contribution in [0.1, 0.15) is 13.0 Å². The standard InChI is InChI=1S/C14H14ClF3N4O3/c1-7(11(19)24)22-13(25)21(6-10(23)14(16,17)18)12(20-22)8-2-4-9(15)5-3-8/h2-5,7,10,23H,6H2,1H3,(H2,19,24)/t7?,10-/m0/s1. The Bertz CT molecular complexity index is 829. The highest BCUT2D eigenvalue weighted by Gasteiger charge is 2.39. The van der Waals surface area contributed by atoms with Crippen molar-refractivity contribution in [1.29, 1.82) is 0 Å². The molecule has 0 spiro atoms. The lowest BCUT2D eigenvalue weighted by Crippen LogP contribution is -2.38. The van der Waals surface area contributed by atoms with Crippen molar-refractivity contribution >= 4 is 17.5 Å². The lowest BCUT2D eigenvalue weighted by molar-refractivity contribution is -0.207. The molecule has 0 aliphatic carbocycles. The summed E-state index contributed by atoms with van der Waals surface area (Å²) >= 11 is 5.77. The molecule has 0 saturated carbocycles. The van der Waals surface area contributed by atoms with Gasteiger partial charge in [0.25, 0.3) is 0 Å². The Hall–Kier alpha value is -2.33. The van der Waals surface area contributed by atoms with E-state index in [-0.39, 0.29) is 11.4 Å². The molecule has 0 bridgehead atoms. The number of alkyl halides is 3. The number of nitrogens with two attached hydrogens (primary N) is 1. The largest absolute Gasteiger partial charge is 0.416 e. The molecule has 11 heteroatoms. The zero-order chi connectivity index (χ0) is 18.9. The molecular weight excluding hydrogens is 365 g/mol. The summed E-state index contributed by atoms with van der Waals surface area (Å²) in [6.45, 7) is 0.207. The van der Waals surface area contributed by atoms with Gasteiger partial charge in [0.1, 0.15) is 6.04 Å². The van der Waals surface area contributed by atoms with E-state index in [1.807, 2.05) is 0 Å². The van der Waals surface area contributed by atoms with Crippen LogP contribution in [0, 0.1) is 0 Å². The van der Waals surface area contributed by atoms with E-state index in [2.05, 4.69) is 5.10 Å². The summed E-state index contributed by atoms with van der Waals surface area (Å²) in [4.78, 5) is 23.7. The smallest absolute Gasteiger partial charge is 0.382 e. The summed E-state index contributed by atoms with van der Waals surface area (Å²) in [5, 5.41) is 13.6. The predicted molar refractivity (Wildman–Crippen MR) is 82.9 cm³/mol. The van der Waals surface area contributed by atoms with Gasteiger partial charge in [-0.2, -0.15) is 13.2 Å². The lowest BCUT2D eigenvalue weighted by Gasteiger charge is -2.15. The maximum absolute atomic E-state index is 12.7. The van der Waals surface area contributed by atoms with Crippen molar-refractivity contribution in [3.05, 3.63) is 39.8 Å². The van der Waals surface area contributed by atoms with E-state index in [4.69, 9.17) is 17.3 Å². The summed E-state index contributed by atoms with van der Waals surface area (Å²) in [5.41, 5.74) is 4.41. The van der Waals surface area contributed by atoms with Crippen LogP contribution in [0.25, 0.3) is 11.4 Å². The van der Waals surface area contributed by atoms with Crippen LogP contribution in [0.2, 0.25) is 5.02 Å². The van der Waals surface area contributed by atoms with E-state index in [9.17, 15) is 27.9 Å². The average Bonchev–Trinajstić information content (AvgIpc) is 2.83. The monoisotopic (exact) mass is 378 g/mol. The average molecular weight is 379 g/mol. The summed E-state index contributed by atoms with van der Waals surface area (Å²) < 4.78 is 39.3. The van der Waals surface area contributed by atoms with E-state index >= 15 is 0 Å². The van der Waals surface area contributed by atoms with Crippen LogP contribution >= 0.6 is 11.6 Å². The van der Waals surface area contributed by atoms with Crippen LogP contribution in [-0.2, 0) is 11.3 Å². The van der Waals surface area contributed by atoms with Crippen molar-refractivity contribution in [3.8, 4) is 11.4 Å². The quantitative estimate of drug-likeness (QED) is 0.819. The van der Waals surface area contributed by atoms with Crippen molar-refractivity contribution in [1.82, 2.24) is 14.3 Å². The van der Waals surface area contributed by atoms with Gasteiger partial charge in [0, 0.05) is 10.6 Å². The van der Waals surface area contributed by atoms with Crippen LogP contribution in [0.5, 0.6) is 0 Å². The normalized spacial score (nSPS) is 14.3. The number of benzene rings is 1. The summed E-state index contributed by atoms with van der Waals surface area (Å²) in [7, 11) is 0. The Morgan fingerprint density at radius 1 is 1.36 bits per heavy atom. The molecule has 0 fully saturated rings. The number of amides is 1. The van der Waals surface area contributed by atoms with Gasteiger partial charge >= 0.3 is 11.9 Å². The number of hydrogen-bond acceptors (Lipinski definition) is 4. The minimum atomic E-state index is -4.92. The molecule has 2 aromatic rings. The minimum Gasteiger partial charge on any atom is -0.382 e. The fourth-order valence-electron chi connectivity index (χ4n) is 2.04. The first-order chi connectivity index (χ1) is 11.5. The molecule has 0 saturated heterocycles. The Morgan fingerprint density at radius 3 is 2.40 bits per heavy atom. The van der Waals surface area contributed by atoms with Crippen molar-refractivity contribution in [2.45, 2.75) is 31.8 Å². The van der Waals surface area contributed by atoms with E-state index in [1.54, 1.807) is 0 Å². The molecule has 2 atom stereocenters. The molecule has 7 nitrogen and oxygen atoms in total. The minimum absolute atomic E-state index is 0.155. The van der Waals surface area contributed by atoms with Crippen LogP contribution in [0.4, 0.5) is 13.2 Å². The van der Waals surface area contributed by atoms with Gasteiger partial charge in [-0.3, -0.25) is 9.36 Å². The number of carbonyl (C=O) groups is 1. The number of aliphatic hydroxyl groups is 1. The third kappa shape index (κ3) is 4.02. The Morgan fingerprint density at radius 2 is 1.92 bits per heavy atom. The molecule has 0 aliphatic heterocycles. The Kier molecular flexibility index (Phi) is 5.23. The third-order valence-corrected chi connectivity index (χ3v) is 3.75. The molecular formula is C14H14ClF3N4O3. The van der Waals surface area contributed by atoms with E-state index in [0.717, 1.165) is 0 Å². The topological polar surface area (TPSA) is 103 Å². The maximum Gasteiger partial charge on any atom is 0.416 e. The second kappa shape index (κ2) is 6.89. The molecule has 3 N–H and O–H groups in total. The highest BCUT2D eigenvalue weighted by atomic mass is 35.5. The molecule has 136 valence electrons. The van der Waals surface area contributed by atoms with Gasteiger partial charge in [0.15, 0.2) is 11.9 Å². The number of halogens is 4. The number of hydrogen-bond donors (Lipinski definition) is 2. The van der Waals surface area contributed by atoms with E-state index in [1.165, 1.54) is 31.2 Å². The first kappa shape index (κ1) is 19.0. The fraction of sp³-hybridized carbons (Fsp3) is 0.357. The molecule has 1 aromatic carbocycles. The Labute approximate surface area is 144 Å². The van der Waals surface area contributed by atoms with Gasteiger partial charge in [0.05, 0.1) is 6.54 Å². The highest BCUT2D eigenvalue weighted by Crippen LogP contribution is 2.24. The van der Waals surface area contributed by atoms with Gasteiger partial charge in [-0.1, -0.05) is 11.6 Å². The first-order valence-electron chi connectivity index (χ1n) is 7.01. The van der Waals surface area contributed by atoms with E-state index < -0.39 is 36.5 Å². The molecule has 25 heavy (non-hydrogen) atoms. The first-order valence-corrected chi connectivity index (χ1v) is 7.39. The molecule has 1 heterocycles. The molecule has 0 aliphatic rings. The maximum atomic E-state index is 12.7. The van der Waals surface area contributed by atoms with E-state index in [0.29, 0.717) is 14.3 Å². The van der Waals surface area contributed by atoms with Crippen LogP contribution in [0.15, 0.2) is 29.1 Å². The summed E-state index contributed by atoms with van der Waals surface area (Å²) in [5.74, 6) is -1.04. The summed E-state index contributed by atoms with van der Waals surface area (Å²) in [6.07, 6.45) is -7.70. The van der Waals surface area contributed by atoms with Crippen LogP contribution in [-0.4, -0.2) is 37.6 Å². The molecule has 2 rings (SSSR count). The summed E-state index contributed by atoms with van der Waals surface area (Å²) in [6, 6.07) is 4.63.